The molecule has 1 atom stereocenters. The molecule has 2 aliphatic heterocycles. The largest absolute Gasteiger partial charge is 0.454 e. The van der Waals surface area contributed by atoms with Gasteiger partial charge in [0.1, 0.15) is 6.04 Å². The summed E-state index contributed by atoms with van der Waals surface area (Å²) >= 11 is 0. The van der Waals surface area contributed by atoms with Gasteiger partial charge < -0.3 is 19.7 Å². The number of carbonyl (C=O) groups is 2. The van der Waals surface area contributed by atoms with E-state index in [1.807, 2.05) is 32.0 Å². The Morgan fingerprint density at radius 3 is 2.69 bits per heavy atom. The van der Waals surface area contributed by atoms with Crippen molar-refractivity contribution in [1.82, 2.24) is 5.32 Å². The highest BCUT2D eigenvalue weighted by atomic mass is 16.7. The van der Waals surface area contributed by atoms with Crippen LogP contribution < -0.4 is 19.7 Å². The third kappa shape index (κ3) is 2.87. The van der Waals surface area contributed by atoms with E-state index >= 15 is 0 Å². The SMILES string of the molecule is Cc1ccc(N2CCC(NC(=O)c3ccc4c(c3)OCO4)C2=O)cc1C. The molecule has 6 nitrogen and oxygen atoms in total. The number of benzene rings is 2. The second-order valence-electron chi connectivity index (χ2n) is 6.64. The summed E-state index contributed by atoms with van der Waals surface area (Å²) in [4.78, 5) is 27.0. The maximum atomic E-state index is 12.7. The first-order valence-electron chi connectivity index (χ1n) is 8.62. The van der Waals surface area contributed by atoms with Gasteiger partial charge in [-0.15, -0.1) is 0 Å². The minimum atomic E-state index is -0.519. The van der Waals surface area contributed by atoms with Crippen molar-refractivity contribution in [2.75, 3.05) is 18.2 Å². The summed E-state index contributed by atoms with van der Waals surface area (Å²) in [6.45, 7) is 4.82. The third-order valence-electron chi connectivity index (χ3n) is 4.95. The molecule has 0 saturated carbocycles. The number of amides is 2. The third-order valence-corrected chi connectivity index (χ3v) is 4.95. The van der Waals surface area contributed by atoms with Crippen LogP contribution in [0.4, 0.5) is 5.69 Å². The van der Waals surface area contributed by atoms with Crippen molar-refractivity contribution in [2.24, 2.45) is 0 Å². The molecule has 0 radical (unpaired) electrons. The molecule has 2 amide bonds. The Kier molecular flexibility index (Phi) is 4.03. The van der Waals surface area contributed by atoms with E-state index in [1.165, 1.54) is 5.56 Å². The molecule has 2 heterocycles. The molecule has 2 aromatic rings. The molecule has 1 N–H and O–H groups in total. The second kappa shape index (κ2) is 6.37. The van der Waals surface area contributed by atoms with Gasteiger partial charge in [0.2, 0.25) is 12.7 Å². The Morgan fingerprint density at radius 1 is 1.08 bits per heavy atom. The second-order valence-corrected chi connectivity index (χ2v) is 6.64. The number of hydrogen-bond donors (Lipinski definition) is 1. The van der Waals surface area contributed by atoms with Gasteiger partial charge in [-0.3, -0.25) is 9.59 Å². The fourth-order valence-electron chi connectivity index (χ4n) is 3.24. The van der Waals surface area contributed by atoms with Crippen molar-refractivity contribution < 1.29 is 19.1 Å². The molecule has 1 saturated heterocycles. The van der Waals surface area contributed by atoms with E-state index in [4.69, 9.17) is 9.47 Å². The van der Waals surface area contributed by atoms with Crippen LogP contribution in [0.5, 0.6) is 11.5 Å². The summed E-state index contributed by atoms with van der Waals surface area (Å²) in [5.41, 5.74) is 3.65. The lowest BCUT2D eigenvalue weighted by Gasteiger charge is -2.18. The Balaban J connectivity index is 1.46. The molecule has 0 aromatic heterocycles. The molecule has 1 fully saturated rings. The standard InChI is InChI=1S/C20H20N2O4/c1-12-3-5-15(9-13(12)2)22-8-7-16(20(22)24)21-19(23)14-4-6-17-18(10-14)26-11-25-17/h3-6,9-10,16H,7-8,11H2,1-2H3,(H,21,23). The van der Waals surface area contributed by atoms with Crippen LogP contribution in [0.1, 0.15) is 27.9 Å². The van der Waals surface area contributed by atoms with Crippen molar-refractivity contribution in [3.8, 4) is 11.5 Å². The fourth-order valence-corrected chi connectivity index (χ4v) is 3.24. The van der Waals surface area contributed by atoms with Gasteiger partial charge in [-0.1, -0.05) is 6.07 Å². The number of carbonyl (C=O) groups excluding carboxylic acids is 2. The smallest absolute Gasteiger partial charge is 0.252 e. The Bertz CT molecular complexity index is 893. The summed E-state index contributed by atoms with van der Waals surface area (Å²) in [5, 5.41) is 2.84. The number of nitrogens with zero attached hydrogens (tertiary/aromatic N) is 1. The van der Waals surface area contributed by atoms with Gasteiger partial charge in [-0.2, -0.15) is 0 Å². The van der Waals surface area contributed by atoms with Gasteiger partial charge in [-0.25, -0.2) is 0 Å². The molecule has 1 unspecified atom stereocenters. The van der Waals surface area contributed by atoms with Crippen molar-refractivity contribution in [3.63, 3.8) is 0 Å². The van der Waals surface area contributed by atoms with Crippen LogP contribution in [-0.4, -0.2) is 31.2 Å². The maximum absolute atomic E-state index is 12.7. The van der Waals surface area contributed by atoms with E-state index in [-0.39, 0.29) is 18.6 Å². The lowest BCUT2D eigenvalue weighted by Crippen LogP contribution is -2.41. The minimum absolute atomic E-state index is 0.0812. The van der Waals surface area contributed by atoms with Gasteiger partial charge in [-0.05, 0) is 61.7 Å². The van der Waals surface area contributed by atoms with Crippen LogP contribution in [0.3, 0.4) is 0 Å². The number of rotatable bonds is 3. The normalized spacial score (nSPS) is 18.3. The van der Waals surface area contributed by atoms with Crippen LogP contribution in [-0.2, 0) is 4.79 Å². The topological polar surface area (TPSA) is 67.9 Å². The summed E-state index contributed by atoms with van der Waals surface area (Å²) in [6.07, 6.45) is 0.585. The molecular formula is C20H20N2O4. The average molecular weight is 352 g/mol. The molecule has 0 aliphatic carbocycles. The zero-order chi connectivity index (χ0) is 18.3. The van der Waals surface area contributed by atoms with Crippen molar-refractivity contribution in [1.29, 1.82) is 0 Å². The van der Waals surface area contributed by atoms with Crippen LogP contribution in [0, 0.1) is 13.8 Å². The Hall–Kier alpha value is -3.02. The zero-order valence-electron chi connectivity index (χ0n) is 14.7. The number of hydrogen-bond acceptors (Lipinski definition) is 4. The first-order chi connectivity index (χ1) is 12.5. The van der Waals surface area contributed by atoms with Gasteiger partial charge in [0.05, 0.1) is 0 Å². The van der Waals surface area contributed by atoms with E-state index in [0.29, 0.717) is 30.0 Å². The Morgan fingerprint density at radius 2 is 1.88 bits per heavy atom. The highest BCUT2D eigenvalue weighted by Crippen LogP contribution is 2.32. The number of ether oxygens (including phenoxy) is 2. The molecule has 134 valence electrons. The molecule has 2 aliphatic rings. The maximum Gasteiger partial charge on any atom is 0.252 e. The lowest BCUT2D eigenvalue weighted by molar-refractivity contribution is -0.118. The average Bonchev–Trinajstić information content (AvgIpc) is 3.24. The summed E-state index contributed by atoms with van der Waals surface area (Å²) in [5.74, 6) is 0.803. The van der Waals surface area contributed by atoms with Crippen molar-refractivity contribution >= 4 is 17.5 Å². The van der Waals surface area contributed by atoms with Crippen molar-refractivity contribution in [2.45, 2.75) is 26.3 Å². The predicted molar refractivity (Wildman–Crippen MR) is 96.7 cm³/mol. The molecule has 4 rings (SSSR count). The van der Waals surface area contributed by atoms with Gasteiger partial charge >= 0.3 is 0 Å². The molecule has 0 bridgehead atoms. The number of nitrogens with one attached hydrogen (secondary N) is 1. The van der Waals surface area contributed by atoms with E-state index in [1.54, 1.807) is 23.1 Å². The van der Waals surface area contributed by atoms with Crippen LogP contribution in [0.15, 0.2) is 36.4 Å². The van der Waals surface area contributed by atoms with Crippen molar-refractivity contribution in [3.05, 3.63) is 53.1 Å². The number of anilines is 1. The van der Waals surface area contributed by atoms with E-state index in [2.05, 4.69) is 5.32 Å². The fraction of sp³-hybridized carbons (Fsp3) is 0.300. The first-order valence-corrected chi connectivity index (χ1v) is 8.62. The highest BCUT2D eigenvalue weighted by molar-refractivity contribution is 6.04. The van der Waals surface area contributed by atoms with Gasteiger partial charge in [0, 0.05) is 17.8 Å². The van der Waals surface area contributed by atoms with Gasteiger partial charge in [0.25, 0.3) is 5.91 Å². The number of fused-ring (bicyclic) bond motifs is 1. The van der Waals surface area contributed by atoms with Crippen LogP contribution >= 0.6 is 0 Å². The molecule has 0 spiro atoms. The molecular weight excluding hydrogens is 332 g/mol. The van der Waals surface area contributed by atoms with Crippen LogP contribution in [0.2, 0.25) is 0 Å². The zero-order valence-corrected chi connectivity index (χ0v) is 14.7. The lowest BCUT2D eigenvalue weighted by atomic mass is 10.1. The summed E-state index contributed by atoms with van der Waals surface area (Å²) < 4.78 is 10.5. The predicted octanol–water partition coefficient (Wildman–Crippen LogP) is 2.57. The van der Waals surface area contributed by atoms with Crippen LogP contribution in [0.25, 0.3) is 0 Å². The first kappa shape index (κ1) is 16.4. The minimum Gasteiger partial charge on any atom is -0.454 e. The molecule has 26 heavy (non-hydrogen) atoms. The summed E-state index contributed by atoms with van der Waals surface area (Å²) in [7, 11) is 0. The number of aryl methyl sites for hydroxylation is 2. The quantitative estimate of drug-likeness (QED) is 0.922. The molecule has 6 heteroatoms. The van der Waals surface area contributed by atoms with E-state index in [0.717, 1.165) is 11.3 Å². The molecule has 2 aromatic carbocycles. The Labute approximate surface area is 151 Å². The summed E-state index contributed by atoms with van der Waals surface area (Å²) in [6, 6.07) is 10.5. The highest BCUT2D eigenvalue weighted by Gasteiger charge is 2.34. The monoisotopic (exact) mass is 352 g/mol. The van der Waals surface area contributed by atoms with E-state index < -0.39 is 6.04 Å². The van der Waals surface area contributed by atoms with Gasteiger partial charge in [0.15, 0.2) is 11.5 Å². The van der Waals surface area contributed by atoms with E-state index in [9.17, 15) is 9.59 Å².